The van der Waals surface area contributed by atoms with E-state index in [-0.39, 0.29) is 0 Å². The predicted molar refractivity (Wildman–Crippen MR) is 87.2 cm³/mol. The minimum Gasteiger partial charge on any atom is -0.368 e. The molecule has 114 valence electrons. The van der Waals surface area contributed by atoms with E-state index in [0.717, 1.165) is 36.4 Å². The molecule has 5 heteroatoms. The van der Waals surface area contributed by atoms with Gasteiger partial charge < -0.3 is 5.32 Å². The summed E-state index contributed by atoms with van der Waals surface area (Å²) in [6.45, 7) is 5.29. The van der Waals surface area contributed by atoms with E-state index in [1.807, 2.05) is 16.9 Å². The molecular weight excluding hydrogens is 284 g/mol. The largest absolute Gasteiger partial charge is 0.368 e. The quantitative estimate of drug-likeness (QED) is 0.866. The molecule has 21 heavy (non-hydrogen) atoms. The molecule has 1 fully saturated rings. The number of nitrogens with one attached hydrogen (secondary N) is 1. The third-order valence-electron chi connectivity index (χ3n) is 4.33. The molecule has 1 saturated carbocycles. The molecule has 1 N–H and O–H groups in total. The standard InChI is InChI=1S/C16H23ClN4/c1-11(2)14-9-15-16(18-7-8-21(15)20-14)19-10-12-3-5-13(17)6-4-12/h7-9,11-13H,3-6,10H2,1-2H3,(H,18,19). The second-order valence-corrected chi connectivity index (χ2v) is 6.95. The highest BCUT2D eigenvalue weighted by molar-refractivity contribution is 6.20. The summed E-state index contributed by atoms with van der Waals surface area (Å²) in [7, 11) is 0. The van der Waals surface area contributed by atoms with Crippen LogP contribution in [0, 0.1) is 5.92 Å². The molecule has 2 heterocycles. The number of alkyl halides is 1. The number of anilines is 1. The Kier molecular flexibility index (Phi) is 4.34. The van der Waals surface area contributed by atoms with Crippen LogP contribution in [0.1, 0.15) is 51.1 Å². The van der Waals surface area contributed by atoms with Gasteiger partial charge in [-0.05, 0) is 43.6 Å². The Labute approximate surface area is 130 Å². The predicted octanol–water partition coefficient (Wildman–Crippen LogP) is 4.06. The summed E-state index contributed by atoms with van der Waals surface area (Å²) in [5.74, 6) is 2.07. The van der Waals surface area contributed by atoms with Gasteiger partial charge >= 0.3 is 0 Å². The first kappa shape index (κ1) is 14.6. The fraction of sp³-hybridized carbons (Fsp3) is 0.625. The molecule has 2 aromatic heterocycles. The van der Waals surface area contributed by atoms with E-state index in [4.69, 9.17) is 11.6 Å². The molecule has 0 aromatic carbocycles. The number of hydrogen-bond acceptors (Lipinski definition) is 3. The molecule has 1 aliphatic rings. The first-order valence-corrected chi connectivity index (χ1v) is 8.29. The third kappa shape index (κ3) is 3.31. The van der Waals surface area contributed by atoms with E-state index < -0.39 is 0 Å². The van der Waals surface area contributed by atoms with Crippen LogP contribution in [-0.2, 0) is 0 Å². The van der Waals surface area contributed by atoms with Gasteiger partial charge in [0, 0.05) is 24.3 Å². The zero-order valence-corrected chi connectivity index (χ0v) is 13.5. The van der Waals surface area contributed by atoms with Crippen molar-refractivity contribution in [3.63, 3.8) is 0 Å². The van der Waals surface area contributed by atoms with Gasteiger partial charge in [0.2, 0.25) is 0 Å². The number of aromatic nitrogens is 3. The summed E-state index contributed by atoms with van der Waals surface area (Å²) in [6.07, 6.45) is 8.40. The van der Waals surface area contributed by atoms with Crippen LogP contribution in [-0.4, -0.2) is 26.5 Å². The SMILES string of the molecule is CC(C)c1cc2c(NCC3CCC(Cl)CC3)nccn2n1. The molecule has 0 amide bonds. The summed E-state index contributed by atoms with van der Waals surface area (Å²) >= 11 is 6.17. The average Bonchev–Trinajstić information content (AvgIpc) is 2.91. The maximum absolute atomic E-state index is 6.17. The lowest BCUT2D eigenvalue weighted by atomic mass is 9.89. The van der Waals surface area contributed by atoms with Crippen molar-refractivity contribution in [2.24, 2.45) is 5.92 Å². The van der Waals surface area contributed by atoms with Crippen molar-refractivity contribution in [1.29, 1.82) is 0 Å². The molecule has 0 aliphatic heterocycles. The first-order valence-electron chi connectivity index (χ1n) is 7.85. The zero-order chi connectivity index (χ0) is 14.8. The van der Waals surface area contributed by atoms with Gasteiger partial charge in [-0.3, -0.25) is 0 Å². The molecule has 0 bridgehead atoms. The molecule has 0 saturated heterocycles. The Balaban J connectivity index is 1.71. The number of fused-ring (bicyclic) bond motifs is 1. The second-order valence-electron chi connectivity index (χ2n) is 6.33. The fourth-order valence-electron chi connectivity index (χ4n) is 2.93. The van der Waals surface area contributed by atoms with Gasteiger partial charge in [0.15, 0.2) is 5.82 Å². The summed E-state index contributed by atoms with van der Waals surface area (Å²) in [6, 6.07) is 2.13. The normalized spacial score (nSPS) is 22.9. The van der Waals surface area contributed by atoms with Crippen LogP contribution in [0.5, 0.6) is 0 Å². The molecule has 2 aromatic rings. The molecular formula is C16H23ClN4. The highest BCUT2D eigenvalue weighted by Gasteiger charge is 2.19. The van der Waals surface area contributed by atoms with Crippen LogP contribution in [0.25, 0.3) is 5.52 Å². The third-order valence-corrected chi connectivity index (χ3v) is 4.77. The topological polar surface area (TPSA) is 42.2 Å². The molecule has 0 radical (unpaired) electrons. The highest BCUT2D eigenvalue weighted by atomic mass is 35.5. The maximum Gasteiger partial charge on any atom is 0.152 e. The Morgan fingerprint density at radius 3 is 2.81 bits per heavy atom. The van der Waals surface area contributed by atoms with Gasteiger partial charge in [0.05, 0.1) is 5.69 Å². The molecule has 0 unspecified atom stereocenters. The lowest BCUT2D eigenvalue weighted by Crippen LogP contribution is -2.21. The van der Waals surface area contributed by atoms with Gasteiger partial charge in [0.1, 0.15) is 5.52 Å². The van der Waals surface area contributed by atoms with Crippen LogP contribution in [0.3, 0.4) is 0 Å². The van der Waals surface area contributed by atoms with Gasteiger partial charge in [-0.2, -0.15) is 5.10 Å². The van der Waals surface area contributed by atoms with Gasteiger partial charge in [-0.1, -0.05) is 13.8 Å². The van der Waals surface area contributed by atoms with E-state index in [0.29, 0.717) is 17.2 Å². The van der Waals surface area contributed by atoms with E-state index in [1.165, 1.54) is 12.8 Å². The minimum atomic E-state index is 0.381. The Hall–Kier alpha value is -1.29. The van der Waals surface area contributed by atoms with Crippen molar-refractivity contribution in [3.8, 4) is 0 Å². The van der Waals surface area contributed by atoms with Crippen LogP contribution in [0.2, 0.25) is 0 Å². The summed E-state index contributed by atoms with van der Waals surface area (Å²) in [5.41, 5.74) is 2.17. The molecule has 1 aliphatic carbocycles. The number of hydrogen-bond donors (Lipinski definition) is 1. The van der Waals surface area contributed by atoms with Crippen molar-refractivity contribution in [1.82, 2.24) is 14.6 Å². The Morgan fingerprint density at radius 1 is 1.33 bits per heavy atom. The van der Waals surface area contributed by atoms with Crippen LogP contribution in [0.4, 0.5) is 5.82 Å². The van der Waals surface area contributed by atoms with E-state index in [2.05, 4.69) is 35.3 Å². The maximum atomic E-state index is 6.17. The van der Waals surface area contributed by atoms with Crippen molar-refractivity contribution in [2.45, 2.75) is 50.8 Å². The first-order chi connectivity index (χ1) is 10.1. The van der Waals surface area contributed by atoms with E-state index >= 15 is 0 Å². The van der Waals surface area contributed by atoms with Gasteiger partial charge in [-0.15, -0.1) is 11.6 Å². The summed E-state index contributed by atoms with van der Waals surface area (Å²) in [4.78, 5) is 4.48. The second kappa shape index (κ2) is 6.22. The van der Waals surface area contributed by atoms with Crippen molar-refractivity contribution < 1.29 is 0 Å². The zero-order valence-electron chi connectivity index (χ0n) is 12.7. The minimum absolute atomic E-state index is 0.381. The molecule has 0 spiro atoms. The monoisotopic (exact) mass is 306 g/mol. The van der Waals surface area contributed by atoms with Crippen molar-refractivity contribution in [3.05, 3.63) is 24.2 Å². The Bertz CT molecular complexity index is 599. The van der Waals surface area contributed by atoms with Crippen molar-refractivity contribution >= 4 is 22.9 Å². The van der Waals surface area contributed by atoms with Crippen molar-refractivity contribution in [2.75, 3.05) is 11.9 Å². The summed E-state index contributed by atoms with van der Waals surface area (Å²) < 4.78 is 1.92. The molecule has 4 nitrogen and oxygen atoms in total. The lowest BCUT2D eigenvalue weighted by Gasteiger charge is -2.25. The fourth-order valence-corrected chi connectivity index (χ4v) is 3.18. The van der Waals surface area contributed by atoms with Crippen LogP contribution < -0.4 is 5.32 Å². The number of halogens is 1. The van der Waals surface area contributed by atoms with E-state index in [1.54, 1.807) is 0 Å². The van der Waals surface area contributed by atoms with Crippen LogP contribution in [0.15, 0.2) is 18.5 Å². The number of nitrogens with zero attached hydrogens (tertiary/aromatic N) is 3. The van der Waals surface area contributed by atoms with E-state index in [9.17, 15) is 0 Å². The number of rotatable bonds is 4. The van der Waals surface area contributed by atoms with Gasteiger partial charge in [0.25, 0.3) is 0 Å². The highest BCUT2D eigenvalue weighted by Crippen LogP contribution is 2.28. The van der Waals surface area contributed by atoms with Crippen LogP contribution >= 0.6 is 11.6 Å². The smallest absolute Gasteiger partial charge is 0.152 e. The molecule has 0 atom stereocenters. The molecule has 3 rings (SSSR count). The Morgan fingerprint density at radius 2 is 2.10 bits per heavy atom. The lowest BCUT2D eigenvalue weighted by molar-refractivity contribution is 0.377. The average molecular weight is 307 g/mol. The summed E-state index contributed by atoms with van der Waals surface area (Å²) in [5, 5.41) is 8.49. The van der Waals surface area contributed by atoms with Gasteiger partial charge in [-0.25, -0.2) is 9.50 Å².